The average molecular weight is 342 g/mol. The van der Waals surface area contributed by atoms with Crippen molar-refractivity contribution in [2.45, 2.75) is 36.6 Å². The predicted molar refractivity (Wildman–Crippen MR) is 96.5 cm³/mol. The summed E-state index contributed by atoms with van der Waals surface area (Å²) in [4.78, 5) is 30.4. The van der Waals surface area contributed by atoms with Gasteiger partial charge in [0.2, 0.25) is 5.91 Å². The molecule has 3 amide bonds. The molecule has 1 saturated carbocycles. The maximum absolute atomic E-state index is 12.8. The van der Waals surface area contributed by atoms with Crippen LogP contribution in [0, 0.1) is 0 Å². The molecule has 0 unspecified atom stereocenters. The Morgan fingerprint density at radius 2 is 1.88 bits per heavy atom. The molecule has 0 radical (unpaired) electrons. The predicted octanol–water partition coefficient (Wildman–Crippen LogP) is 1.54. The number of nitrogens with zero attached hydrogens (tertiary/aromatic N) is 3. The van der Waals surface area contributed by atoms with E-state index in [2.05, 4.69) is 31.1 Å². The molecule has 0 spiro atoms. The highest BCUT2D eigenvalue weighted by Gasteiger charge is 2.56. The van der Waals surface area contributed by atoms with Gasteiger partial charge in [-0.15, -0.1) is 0 Å². The normalized spacial score (nSPS) is 27.1. The number of amides is 3. The first kappa shape index (κ1) is 16.4. The van der Waals surface area contributed by atoms with Gasteiger partial charge in [-0.25, -0.2) is 4.79 Å². The van der Waals surface area contributed by atoms with Crippen molar-refractivity contribution in [1.29, 1.82) is 0 Å². The summed E-state index contributed by atoms with van der Waals surface area (Å²) in [6.45, 7) is 2.03. The van der Waals surface area contributed by atoms with Crippen molar-refractivity contribution in [2.75, 3.05) is 38.6 Å². The van der Waals surface area contributed by atoms with Crippen LogP contribution in [0.1, 0.15) is 31.2 Å². The SMILES string of the molecule is CN(C)CC1(c2ccc(N3C[C@@]4(C(N)=O)CCCN4C3=O)cc2)CC1. The molecule has 3 fully saturated rings. The molecule has 6 nitrogen and oxygen atoms in total. The fraction of sp³-hybridized carbons (Fsp3) is 0.579. The summed E-state index contributed by atoms with van der Waals surface area (Å²) in [5.74, 6) is -0.389. The van der Waals surface area contributed by atoms with Gasteiger partial charge in [-0.2, -0.15) is 0 Å². The van der Waals surface area contributed by atoms with Crippen LogP contribution in [0.25, 0.3) is 0 Å². The van der Waals surface area contributed by atoms with E-state index in [4.69, 9.17) is 5.73 Å². The number of nitrogens with two attached hydrogens (primary N) is 1. The molecule has 25 heavy (non-hydrogen) atoms. The van der Waals surface area contributed by atoms with Crippen LogP contribution < -0.4 is 10.6 Å². The molecule has 2 saturated heterocycles. The number of carbonyl (C=O) groups is 2. The minimum absolute atomic E-state index is 0.0986. The van der Waals surface area contributed by atoms with E-state index in [1.54, 1.807) is 9.80 Å². The van der Waals surface area contributed by atoms with E-state index in [1.165, 1.54) is 18.4 Å². The smallest absolute Gasteiger partial charge is 0.325 e. The second-order valence-electron chi connectivity index (χ2n) is 8.08. The van der Waals surface area contributed by atoms with Gasteiger partial charge in [-0.05, 0) is 57.5 Å². The maximum atomic E-state index is 12.8. The lowest BCUT2D eigenvalue weighted by Gasteiger charge is -2.25. The molecule has 2 N–H and O–H groups in total. The minimum atomic E-state index is -0.821. The van der Waals surface area contributed by atoms with Crippen molar-refractivity contribution in [1.82, 2.24) is 9.80 Å². The Morgan fingerprint density at radius 3 is 2.40 bits per heavy atom. The number of hydrogen-bond donors (Lipinski definition) is 1. The number of urea groups is 1. The molecule has 1 aliphatic carbocycles. The molecular formula is C19H26N4O2. The van der Waals surface area contributed by atoms with Crippen LogP contribution in [-0.2, 0) is 10.2 Å². The first-order valence-corrected chi connectivity index (χ1v) is 9.02. The molecule has 6 heteroatoms. The monoisotopic (exact) mass is 342 g/mol. The van der Waals surface area contributed by atoms with Gasteiger partial charge in [-0.3, -0.25) is 9.69 Å². The fourth-order valence-electron chi connectivity index (χ4n) is 4.62. The van der Waals surface area contributed by atoms with Gasteiger partial charge in [0.25, 0.3) is 0 Å². The molecule has 2 aliphatic heterocycles. The zero-order chi connectivity index (χ0) is 17.8. The average Bonchev–Trinajstić information content (AvgIpc) is 3.11. The number of fused-ring (bicyclic) bond motifs is 1. The van der Waals surface area contributed by atoms with Gasteiger partial charge in [0, 0.05) is 24.2 Å². The van der Waals surface area contributed by atoms with Crippen molar-refractivity contribution in [2.24, 2.45) is 5.73 Å². The molecule has 134 valence electrons. The first-order valence-electron chi connectivity index (χ1n) is 9.02. The quantitative estimate of drug-likeness (QED) is 0.882. The third kappa shape index (κ3) is 2.42. The Morgan fingerprint density at radius 1 is 1.20 bits per heavy atom. The van der Waals surface area contributed by atoms with E-state index in [-0.39, 0.29) is 17.4 Å². The summed E-state index contributed by atoms with van der Waals surface area (Å²) in [6.07, 6.45) is 3.93. The van der Waals surface area contributed by atoms with Gasteiger partial charge in [0.1, 0.15) is 5.54 Å². The van der Waals surface area contributed by atoms with Crippen molar-refractivity contribution in [3.8, 4) is 0 Å². The molecule has 4 rings (SSSR count). The van der Waals surface area contributed by atoms with Gasteiger partial charge in [0.15, 0.2) is 0 Å². The van der Waals surface area contributed by atoms with E-state index in [0.717, 1.165) is 18.7 Å². The lowest BCUT2D eigenvalue weighted by Crippen LogP contribution is -2.52. The van der Waals surface area contributed by atoms with E-state index < -0.39 is 5.54 Å². The number of rotatable bonds is 5. The van der Waals surface area contributed by atoms with Crippen molar-refractivity contribution in [3.05, 3.63) is 29.8 Å². The van der Waals surface area contributed by atoms with E-state index >= 15 is 0 Å². The fourth-order valence-corrected chi connectivity index (χ4v) is 4.62. The molecule has 0 bridgehead atoms. The Bertz CT molecular complexity index is 711. The van der Waals surface area contributed by atoms with Crippen LogP contribution in [0.4, 0.5) is 10.5 Å². The molecule has 1 aromatic carbocycles. The zero-order valence-electron chi connectivity index (χ0n) is 15.0. The van der Waals surface area contributed by atoms with Crippen LogP contribution in [0.2, 0.25) is 0 Å². The summed E-state index contributed by atoms with van der Waals surface area (Å²) in [5.41, 5.74) is 7.28. The van der Waals surface area contributed by atoms with Gasteiger partial charge in [0.05, 0.1) is 6.54 Å². The van der Waals surface area contributed by atoms with Gasteiger partial charge >= 0.3 is 6.03 Å². The van der Waals surface area contributed by atoms with E-state index in [9.17, 15) is 9.59 Å². The minimum Gasteiger partial charge on any atom is -0.368 e. The standard InChI is InChI=1S/C19H26N4O2/c1-21(2)12-18(9-10-18)14-4-6-15(7-5-14)22-13-19(16(20)24)8-3-11-23(19)17(22)25/h4-7H,3,8-13H2,1-2H3,(H2,20,24)/t19-/m1/s1. The second-order valence-corrected chi connectivity index (χ2v) is 8.08. The van der Waals surface area contributed by atoms with Crippen LogP contribution in [0.3, 0.4) is 0 Å². The topological polar surface area (TPSA) is 69.9 Å². The number of benzene rings is 1. The number of likely N-dealkylation sites (N-methyl/N-ethyl adjacent to an activating group) is 1. The van der Waals surface area contributed by atoms with Crippen molar-refractivity contribution < 1.29 is 9.59 Å². The summed E-state index contributed by atoms with van der Waals surface area (Å²) >= 11 is 0. The number of carbonyl (C=O) groups excluding carboxylic acids is 2. The molecule has 1 aromatic rings. The van der Waals surface area contributed by atoms with Crippen molar-refractivity contribution in [3.63, 3.8) is 0 Å². The summed E-state index contributed by atoms with van der Waals surface area (Å²) in [7, 11) is 4.21. The third-order valence-corrected chi connectivity index (χ3v) is 6.09. The van der Waals surface area contributed by atoms with Crippen LogP contribution >= 0.6 is 0 Å². The largest absolute Gasteiger partial charge is 0.368 e. The second kappa shape index (κ2) is 5.46. The Balaban J connectivity index is 1.57. The Hall–Kier alpha value is -2.08. The van der Waals surface area contributed by atoms with Crippen LogP contribution in [-0.4, -0.2) is 61.0 Å². The number of primary amides is 1. The summed E-state index contributed by atoms with van der Waals surface area (Å²) in [5, 5.41) is 0. The van der Waals surface area contributed by atoms with E-state index in [1.807, 2.05) is 12.1 Å². The van der Waals surface area contributed by atoms with Gasteiger partial charge < -0.3 is 15.5 Å². The highest BCUT2D eigenvalue weighted by atomic mass is 16.2. The highest BCUT2D eigenvalue weighted by molar-refractivity contribution is 6.02. The lowest BCUT2D eigenvalue weighted by atomic mass is 9.94. The van der Waals surface area contributed by atoms with Crippen molar-refractivity contribution >= 4 is 17.6 Å². The van der Waals surface area contributed by atoms with Crippen LogP contribution in [0.15, 0.2) is 24.3 Å². The zero-order valence-corrected chi connectivity index (χ0v) is 15.0. The number of hydrogen-bond acceptors (Lipinski definition) is 3. The first-order chi connectivity index (χ1) is 11.9. The molecule has 2 heterocycles. The highest BCUT2D eigenvalue weighted by Crippen LogP contribution is 2.49. The molecular weight excluding hydrogens is 316 g/mol. The lowest BCUT2D eigenvalue weighted by molar-refractivity contribution is -0.125. The van der Waals surface area contributed by atoms with E-state index in [0.29, 0.717) is 19.5 Å². The third-order valence-electron chi connectivity index (χ3n) is 6.09. The summed E-state index contributed by atoms with van der Waals surface area (Å²) in [6, 6.07) is 8.21. The van der Waals surface area contributed by atoms with Crippen LogP contribution in [0.5, 0.6) is 0 Å². The maximum Gasteiger partial charge on any atom is 0.325 e. The molecule has 3 aliphatic rings. The Kier molecular flexibility index (Phi) is 3.58. The van der Waals surface area contributed by atoms with Gasteiger partial charge in [-0.1, -0.05) is 12.1 Å². The molecule has 1 atom stereocenters. The molecule has 0 aromatic heterocycles. The Labute approximate surface area is 148 Å². The summed E-state index contributed by atoms with van der Waals surface area (Å²) < 4.78 is 0. The number of anilines is 1.